The van der Waals surface area contributed by atoms with E-state index in [0.29, 0.717) is 13.0 Å². The Hall–Kier alpha value is -2.75. The Kier molecular flexibility index (Phi) is 5.38. The molecule has 2 heterocycles. The first kappa shape index (κ1) is 18.6. The zero-order valence-electron chi connectivity index (χ0n) is 16.9. The summed E-state index contributed by atoms with van der Waals surface area (Å²) in [5, 5.41) is 1.24. The third-order valence-electron chi connectivity index (χ3n) is 5.83. The Bertz CT molecular complexity index is 952. The molecule has 0 unspecified atom stereocenters. The molecule has 0 atom stereocenters. The van der Waals surface area contributed by atoms with Crippen molar-refractivity contribution in [3.8, 4) is 0 Å². The third kappa shape index (κ3) is 4.06. The van der Waals surface area contributed by atoms with Gasteiger partial charge < -0.3 is 14.4 Å². The lowest BCUT2D eigenvalue weighted by atomic mass is 10.1. The molecule has 4 heteroatoms. The molecule has 1 aliphatic heterocycles. The molecule has 3 aromatic rings. The van der Waals surface area contributed by atoms with Gasteiger partial charge in [0.15, 0.2) is 0 Å². The van der Waals surface area contributed by atoms with E-state index in [2.05, 4.69) is 71.2 Å². The van der Waals surface area contributed by atoms with Crippen LogP contribution in [-0.2, 0) is 24.8 Å². The van der Waals surface area contributed by atoms with Gasteiger partial charge in [-0.3, -0.25) is 4.79 Å². The molecule has 0 saturated carbocycles. The van der Waals surface area contributed by atoms with E-state index in [9.17, 15) is 4.79 Å². The standard InChI is InChI=1S/C24H29N3O/c1-25-16-13-21-9-5-19(17-23(21)25)8-12-24(28)26(2)18-20-6-10-22(11-7-20)27-14-3-4-15-27/h5-7,9-11,13,16-17H,3-4,8,12,14-15,18H2,1-2H3. The number of anilines is 1. The number of carbonyl (C=O) groups excluding carboxylic acids is 1. The van der Waals surface area contributed by atoms with E-state index in [0.717, 1.165) is 19.5 Å². The summed E-state index contributed by atoms with van der Waals surface area (Å²) in [5.74, 6) is 0.190. The first-order valence-corrected chi connectivity index (χ1v) is 10.2. The predicted molar refractivity (Wildman–Crippen MR) is 116 cm³/mol. The van der Waals surface area contributed by atoms with Gasteiger partial charge in [-0.2, -0.15) is 0 Å². The summed E-state index contributed by atoms with van der Waals surface area (Å²) in [6.45, 7) is 2.98. The average molecular weight is 376 g/mol. The highest BCUT2D eigenvalue weighted by Crippen LogP contribution is 2.21. The Morgan fingerprint density at radius 3 is 2.46 bits per heavy atom. The molecule has 0 radical (unpaired) electrons. The van der Waals surface area contributed by atoms with Crippen molar-refractivity contribution in [1.82, 2.24) is 9.47 Å². The van der Waals surface area contributed by atoms with Crippen LogP contribution < -0.4 is 4.90 Å². The molecule has 0 aliphatic carbocycles. The number of hydrogen-bond acceptors (Lipinski definition) is 2. The molecule has 4 rings (SSSR count). The zero-order valence-corrected chi connectivity index (χ0v) is 16.9. The minimum Gasteiger partial charge on any atom is -0.372 e. The van der Waals surface area contributed by atoms with Crippen molar-refractivity contribution in [2.24, 2.45) is 7.05 Å². The van der Waals surface area contributed by atoms with Crippen LogP contribution >= 0.6 is 0 Å². The molecule has 28 heavy (non-hydrogen) atoms. The fourth-order valence-corrected chi connectivity index (χ4v) is 4.06. The molecule has 0 bridgehead atoms. The lowest BCUT2D eigenvalue weighted by Crippen LogP contribution is -2.26. The van der Waals surface area contributed by atoms with Crippen molar-refractivity contribution < 1.29 is 4.79 Å². The van der Waals surface area contributed by atoms with Crippen LogP contribution in [0, 0.1) is 0 Å². The summed E-state index contributed by atoms with van der Waals surface area (Å²) in [6.07, 6.45) is 5.96. The van der Waals surface area contributed by atoms with E-state index >= 15 is 0 Å². The van der Waals surface area contributed by atoms with E-state index in [1.54, 1.807) is 0 Å². The topological polar surface area (TPSA) is 28.5 Å². The minimum absolute atomic E-state index is 0.190. The van der Waals surface area contributed by atoms with Crippen LogP contribution in [0.3, 0.4) is 0 Å². The van der Waals surface area contributed by atoms with Crippen LogP contribution in [0.25, 0.3) is 10.9 Å². The molecule has 4 nitrogen and oxygen atoms in total. The Labute approximate surface area is 167 Å². The lowest BCUT2D eigenvalue weighted by Gasteiger charge is -2.20. The maximum absolute atomic E-state index is 12.6. The number of aryl methyl sites for hydroxylation is 2. The summed E-state index contributed by atoms with van der Waals surface area (Å²) in [4.78, 5) is 16.9. The SMILES string of the molecule is CN(Cc1ccc(N2CCCC2)cc1)C(=O)CCc1ccc2ccn(C)c2c1. The minimum atomic E-state index is 0.190. The number of rotatable bonds is 6. The van der Waals surface area contributed by atoms with Crippen molar-refractivity contribution in [3.63, 3.8) is 0 Å². The molecule has 146 valence electrons. The molecule has 1 amide bonds. The van der Waals surface area contributed by atoms with Gasteiger partial charge in [0.25, 0.3) is 0 Å². The summed E-state index contributed by atoms with van der Waals surface area (Å²) in [5.41, 5.74) is 4.91. The smallest absolute Gasteiger partial charge is 0.222 e. The van der Waals surface area contributed by atoms with Gasteiger partial charge in [0.2, 0.25) is 5.91 Å². The van der Waals surface area contributed by atoms with Gasteiger partial charge in [0, 0.05) is 57.6 Å². The lowest BCUT2D eigenvalue weighted by molar-refractivity contribution is -0.130. The molecular weight excluding hydrogens is 346 g/mol. The summed E-state index contributed by atoms with van der Waals surface area (Å²) in [7, 11) is 3.96. The molecule has 0 N–H and O–H groups in total. The number of nitrogens with zero attached hydrogens (tertiary/aromatic N) is 3. The molecule has 1 fully saturated rings. The molecule has 1 saturated heterocycles. The fourth-order valence-electron chi connectivity index (χ4n) is 4.06. The van der Waals surface area contributed by atoms with Crippen LogP contribution in [0.15, 0.2) is 54.7 Å². The highest BCUT2D eigenvalue weighted by molar-refractivity contribution is 5.81. The van der Waals surface area contributed by atoms with E-state index in [1.165, 1.54) is 40.6 Å². The monoisotopic (exact) mass is 375 g/mol. The number of carbonyl (C=O) groups is 1. The molecule has 0 spiro atoms. The summed E-state index contributed by atoms with van der Waals surface area (Å²) in [6, 6.07) is 17.3. The molecule has 1 aromatic heterocycles. The zero-order chi connectivity index (χ0) is 19.5. The number of hydrogen-bond donors (Lipinski definition) is 0. The van der Waals surface area contributed by atoms with Gasteiger partial charge in [-0.05, 0) is 60.0 Å². The van der Waals surface area contributed by atoms with Crippen molar-refractivity contribution in [2.75, 3.05) is 25.0 Å². The number of aromatic nitrogens is 1. The summed E-state index contributed by atoms with van der Waals surface area (Å²) >= 11 is 0. The predicted octanol–water partition coefficient (Wildman–Crippen LogP) is 4.37. The second-order valence-electron chi connectivity index (χ2n) is 7.93. The Morgan fingerprint density at radius 2 is 1.71 bits per heavy atom. The largest absolute Gasteiger partial charge is 0.372 e. The number of amides is 1. The van der Waals surface area contributed by atoms with Gasteiger partial charge in [-0.15, -0.1) is 0 Å². The van der Waals surface area contributed by atoms with Gasteiger partial charge in [0.1, 0.15) is 0 Å². The maximum Gasteiger partial charge on any atom is 0.222 e. The first-order chi connectivity index (χ1) is 13.6. The van der Waals surface area contributed by atoms with E-state index in [-0.39, 0.29) is 5.91 Å². The Balaban J connectivity index is 1.31. The van der Waals surface area contributed by atoms with Gasteiger partial charge in [-0.25, -0.2) is 0 Å². The van der Waals surface area contributed by atoms with Gasteiger partial charge in [0.05, 0.1) is 0 Å². The van der Waals surface area contributed by atoms with Crippen LogP contribution in [-0.4, -0.2) is 35.5 Å². The van der Waals surface area contributed by atoms with Crippen LogP contribution in [0.2, 0.25) is 0 Å². The van der Waals surface area contributed by atoms with Crippen molar-refractivity contribution in [2.45, 2.75) is 32.2 Å². The third-order valence-corrected chi connectivity index (χ3v) is 5.83. The highest BCUT2D eigenvalue weighted by atomic mass is 16.2. The van der Waals surface area contributed by atoms with Crippen molar-refractivity contribution in [1.29, 1.82) is 0 Å². The second-order valence-corrected chi connectivity index (χ2v) is 7.93. The van der Waals surface area contributed by atoms with Gasteiger partial charge >= 0.3 is 0 Å². The quantitative estimate of drug-likeness (QED) is 0.640. The van der Waals surface area contributed by atoms with E-state index in [1.807, 2.05) is 11.9 Å². The van der Waals surface area contributed by atoms with Crippen LogP contribution in [0.1, 0.15) is 30.4 Å². The van der Waals surface area contributed by atoms with Gasteiger partial charge in [-0.1, -0.05) is 24.3 Å². The number of fused-ring (bicyclic) bond motifs is 1. The number of benzene rings is 2. The van der Waals surface area contributed by atoms with Crippen LogP contribution in [0.5, 0.6) is 0 Å². The first-order valence-electron chi connectivity index (χ1n) is 10.2. The highest BCUT2D eigenvalue weighted by Gasteiger charge is 2.13. The van der Waals surface area contributed by atoms with Crippen molar-refractivity contribution >= 4 is 22.5 Å². The second kappa shape index (κ2) is 8.09. The molecular formula is C24H29N3O. The summed E-state index contributed by atoms with van der Waals surface area (Å²) < 4.78 is 2.12. The fraction of sp³-hybridized carbons (Fsp3) is 0.375. The normalized spacial score (nSPS) is 14.0. The van der Waals surface area contributed by atoms with Crippen LogP contribution in [0.4, 0.5) is 5.69 Å². The average Bonchev–Trinajstić information content (AvgIpc) is 3.37. The van der Waals surface area contributed by atoms with Crippen molar-refractivity contribution in [3.05, 3.63) is 65.9 Å². The Morgan fingerprint density at radius 1 is 1.00 bits per heavy atom. The maximum atomic E-state index is 12.6. The van der Waals surface area contributed by atoms with E-state index in [4.69, 9.17) is 0 Å². The van der Waals surface area contributed by atoms with E-state index < -0.39 is 0 Å². The molecule has 1 aliphatic rings. The molecule has 2 aromatic carbocycles.